The number of aromatic hydroxyl groups is 1. The third-order valence-electron chi connectivity index (χ3n) is 2.61. The number of aromatic nitrogens is 2. The van der Waals surface area contributed by atoms with Gasteiger partial charge in [-0.3, -0.25) is 0 Å². The average Bonchev–Trinajstić information content (AvgIpc) is 2.88. The van der Waals surface area contributed by atoms with Gasteiger partial charge in [-0.2, -0.15) is 0 Å². The number of phenols is 1. The average molecular weight is 288 g/mol. The molecule has 3 aromatic rings. The standard InChI is InChI=1S/C14H10ClN3O2/c15-10-6-4-9(5-7-10)13-17-18-14(20-13)16-11-2-1-3-12(19)8-11/h1-8,19H,(H,16,18). The van der Waals surface area contributed by atoms with Crippen molar-refractivity contribution in [1.82, 2.24) is 10.2 Å². The van der Waals surface area contributed by atoms with Gasteiger partial charge in [0.1, 0.15) is 5.75 Å². The predicted octanol–water partition coefficient (Wildman–Crippen LogP) is 3.84. The number of halogens is 1. The highest BCUT2D eigenvalue weighted by Crippen LogP contribution is 2.24. The van der Waals surface area contributed by atoms with Crippen molar-refractivity contribution >= 4 is 23.3 Å². The van der Waals surface area contributed by atoms with E-state index in [1.807, 2.05) is 0 Å². The van der Waals surface area contributed by atoms with Gasteiger partial charge < -0.3 is 14.8 Å². The molecule has 0 bridgehead atoms. The second-order valence-electron chi connectivity index (χ2n) is 4.09. The van der Waals surface area contributed by atoms with E-state index in [2.05, 4.69) is 15.5 Å². The topological polar surface area (TPSA) is 71.2 Å². The first-order chi connectivity index (χ1) is 9.70. The Bertz CT molecular complexity index is 725. The van der Waals surface area contributed by atoms with Crippen LogP contribution in [0.3, 0.4) is 0 Å². The zero-order valence-electron chi connectivity index (χ0n) is 10.2. The maximum atomic E-state index is 9.38. The van der Waals surface area contributed by atoms with Crippen molar-refractivity contribution in [2.45, 2.75) is 0 Å². The second-order valence-corrected chi connectivity index (χ2v) is 4.53. The number of rotatable bonds is 3. The van der Waals surface area contributed by atoms with Gasteiger partial charge in [-0.05, 0) is 36.4 Å². The number of nitrogens with zero attached hydrogens (tertiary/aromatic N) is 2. The second kappa shape index (κ2) is 5.22. The third kappa shape index (κ3) is 2.73. The molecule has 0 saturated carbocycles. The van der Waals surface area contributed by atoms with Crippen molar-refractivity contribution in [3.8, 4) is 17.2 Å². The first-order valence-electron chi connectivity index (χ1n) is 5.86. The Hall–Kier alpha value is -2.53. The van der Waals surface area contributed by atoms with E-state index in [0.29, 0.717) is 16.6 Å². The first-order valence-corrected chi connectivity index (χ1v) is 6.24. The summed E-state index contributed by atoms with van der Waals surface area (Å²) in [6.45, 7) is 0. The molecule has 1 aromatic heterocycles. The minimum atomic E-state index is 0.160. The summed E-state index contributed by atoms with van der Waals surface area (Å²) in [6.07, 6.45) is 0. The molecule has 5 nitrogen and oxygen atoms in total. The SMILES string of the molecule is Oc1cccc(Nc2nnc(-c3ccc(Cl)cc3)o2)c1. The van der Waals surface area contributed by atoms with Crippen molar-refractivity contribution in [3.05, 3.63) is 53.6 Å². The van der Waals surface area contributed by atoms with Crippen molar-refractivity contribution in [3.63, 3.8) is 0 Å². The first kappa shape index (κ1) is 12.5. The predicted molar refractivity (Wildman–Crippen MR) is 76.1 cm³/mol. The maximum Gasteiger partial charge on any atom is 0.320 e. The van der Waals surface area contributed by atoms with Crippen LogP contribution in [0, 0.1) is 0 Å². The lowest BCUT2D eigenvalue weighted by Gasteiger charge is -2.00. The number of benzene rings is 2. The normalized spacial score (nSPS) is 10.4. The van der Waals surface area contributed by atoms with Gasteiger partial charge >= 0.3 is 6.01 Å². The van der Waals surface area contributed by atoms with Crippen molar-refractivity contribution in [2.75, 3.05) is 5.32 Å². The number of hydrogen-bond acceptors (Lipinski definition) is 5. The highest BCUT2D eigenvalue weighted by Gasteiger charge is 2.08. The number of hydrogen-bond donors (Lipinski definition) is 2. The molecule has 6 heteroatoms. The smallest absolute Gasteiger partial charge is 0.320 e. The van der Waals surface area contributed by atoms with Crippen LogP contribution in [0.4, 0.5) is 11.7 Å². The Morgan fingerprint density at radius 3 is 2.60 bits per heavy atom. The molecule has 0 aliphatic carbocycles. The molecule has 0 atom stereocenters. The van der Waals surface area contributed by atoms with E-state index in [1.54, 1.807) is 48.5 Å². The van der Waals surface area contributed by atoms with Gasteiger partial charge in [0.25, 0.3) is 0 Å². The maximum absolute atomic E-state index is 9.38. The molecule has 3 rings (SSSR count). The fourth-order valence-electron chi connectivity index (χ4n) is 1.69. The highest BCUT2D eigenvalue weighted by molar-refractivity contribution is 6.30. The van der Waals surface area contributed by atoms with Gasteiger partial charge in [0.05, 0.1) is 0 Å². The van der Waals surface area contributed by atoms with E-state index >= 15 is 0 Å². The third-order valence-corrected chi connectivity index (χ3v) is 2.87. The molecule has 1 heterocycles. The van der Waals surface area contributed by atoms with Crippen LogP contribution in [0.1, 0.15) is 0 Å². The van der Waals surface area contributed by atoms with Gasteiger partial charge in [-0.1, -0.05) is 22.8 Å². The fourth-order valence-corrected chi connectivity index (χ4v) is 1.82. The van der Waals surface area contributed by atoms with Gasteiger partial charge in [-0.15, -0.1) is 5.10 Å². The van der Waals surface area contributed by atoms with Crippen LogP contribution in [0.2, 0.25) is 5.02 Å². The molecule has 0 unspecified atom stereocenters. The van der Waals surface area contributed by atoms with Crippen molar-refractivity contribution < 1.29 is 9.52 Å². The van der Waals surface area contributed by atoms with Gasteiger partial charge in [-0.25, -0.2) is 0 Å². The Labute approximate surface area is 119 Å². The molecule has 20 heavy (non-hydrogen) atoms. The Morgan fingerprint density at radius 1 is 1.05 bits per heavy atom. The molecule has 0 aliphatic rings. The summed E-state index contributed by atoms with van der Waals surface area (Å²) in [5.74, 6) is 0.553. The molecule has 2 N–H and O–H groups in total. The summed E-state index contributed by atoms with van der Waals surface area (Å²) in [4.78, 5) is 0. The molecule has 100 valence electrons. The molecule has 0 spiro atoms. The summed E-state index contributed by atoms with van der Waals surface area (Å²) in [7, 11) is 0. The quantitative estimate of drug-likeness (QED) is 0.766. The van der Waals surface area contributed by atoms with Crippen molar-refractivity contribution in [1.29, 1.82) is 0 Å². The summed E-state index contributed by atoms with van der Waals surface area (Å²) < 4.78 is 5.50. The molecule has 0 saturated heterocycles. The molecule has 0 amide bonds. The molecule has 0 aliphatic heterocycles. The summed E-state index contributed by atoms with van der Waals surface area (Å²) in [5, 5.41) is 20.8. The summed E-state index contributed by atoms with van der Waals surface area (Å²) >= 11 is 5.82. The molecular formula is C14H10ClN3O2. The van der Waals surface area contributed by atoms with Gasteiger partial charge in [0.2, 0.25) is 5.89 Å². The van der Waals surface area contributed by atoms with Crippen LogP contribution in [0.25, 0.3) is 11.5 Å². The summed E-state index contributed by atoms with van der Waals surface area (Å²) in [6, 6.07) is 14.0. The largest absolute Gasteiger partial charge is 0.508 e. The summed E-state index contributed by atoms with van der Waals surface area (Å²) in [5.41, 5.74) is 1.45. The van der Waals surface area contributed by atoms with Gasteiger partial charge in [0, 0.05) is 22.3 Å². The van der Waals surface area contributed by atoms with Crippen LogP contribution in [-0.4, -0.2) is 15.3 Å². The zero-order valence-corrected chi connectivity index (χ0v) is 11.0. The van der Waals surface area contributed by atoms with Gasteiger partial charge in [0.15, 0.2) is 0 Å². The van der Waals surface area contributed by atoms with E-state index in [-0.39, 0.29) is 11.8 Å². The lowest BCUT2D eigenvalue weighted by molar-refractivity contribution is 0.475. The lowest BCUT2D eigenvalue weighted by Crippen LogP contribution is -1.89. The highest BCUT2D eigenvalue weighted by atomic mass is 35.5. The Balaban J connectivity index is 1.82. The number of anilines is 2. The molecule has 0 radical (unpaired) electrons. The number of nitrogens with one attached hydrogen (secondary N) is 1. The van der Waals surface area contributed by atoms with E-state index in [9.17, 15) is 5.11 Å². The molecular weight excluding hydrogens is 278 g/mol. The van der Waals surface area contributed by atoms with E-state index in [0.717, 1.165) is 5.56 Å². The van der Waals surface area contributed by atoms with Crippen LogP contribution in [-0.2, 0) is 0 Å². The van der Waals surface area contributed by atoms with E-state index in [1.165, 1.54) is 0 Å². The van der Waals surface area contributed by atoms with Crippen molar-refractivity contribution in [2.24, 2.45) is 0 Å². The van der Waals surface area contributed by atoms with Crippen LogP contribution < -0.4 is 5.32 Å². The van der Waals surface area contributed by atoms with E-state index in [4.69, 9.17) is 16.0 Å². The Morgan fingerprint density at radius 2 is 1.85 bits per heavy atom. The lowest BCUT2D eigenvalue weighted by atomic mass is 10.2. The molecule has 2 aromatic carbocycles. The fraction of sp³-hybridized carbons (Fsp3) is 0. The van der Waals surface area contributed by atoms with E-state index < -0.39 is 0 Å². The molecule has 0 fully saturated rings. The Kier molecular flexibility index (Phi) is 3.26. The minimum Gasteiger partial charge on any atom is -0.508 e. The van der Waals surface area contributed by atoms with Crippen LogP contribution >= 0.6 is 11.6 Å². The number of phenolic OH excluding ortho intramolecular Hbond substituents is 1. The zero-order chi connectivity index (χ0) is 13.9. The monoisotopic (exact) mass is 287 g/mol. The minimum absolute atomic E-state index is 0.160. The van der Waals surface area contributed by atoms with Crippen LogP contribution in [0.5, 0.6) is 5.75 Å². The van der Waals surface area contributed by atoms with Crippen LogP contribution in [0.15, 0.2) is 52.9 Å².